The van der Waals surface area contributed by atoms with Gasteiger partial charge in [0.05, 0.1) is 23.0 Å². The predicted octanol–water partition coefficient (Wildman–Crippen LogP) is 4.06. The van der Waals surface area contributed by atoms with Gasteiger partial charge in [-0.15, -0.1) is 5.06 Å². The second kappa shape index (κ2) is 9.85. The molecule has 1 fully saturated rings. The molecule has 0 radical (unpaired) electrons. The summed E-state index contributed by atoms with van der Waals surface area (Å²) < 4.78 is 13.2. The molecule has 1 unspecified atom stereocenters. The Kier molecular flexibility index (Phi) is 6.59. The number of nitrogens with zero attached hydrogens (tertiary/aromatic N) is 4. The number of fused-ring (bicyclic) bond motifs is 2. The van der Waals surface area contributed by atoms with Crippen molar-refractivity contribution in [1.82, 2.24) is 19.3 Å². The molecule has 4 heterocycles. The minimum Gasteiger partial charge on any atom is -0.490 e. The van der Waals surface area contributed by atoms with Crippen LogP contribution in [0.3, 0.4) is 0 Å². The van der Waals surface area contributed by atoms with Crippen LogP contribution in [0.4, 0.5) is 4.79 Å². The van der Waals surface area contributed by atoms with Crippen molar-refractivity contribution < 1.29 is 28.7 Å². The van der Waals surface area contributed by atoms with Crippen molar-refractivity contribution >= 4 is 23.6 Å². The number of amides is 3. The number of pyridine rings is 1. The fourth-order valence-corrected chi connectivity index (χ4v) is 4.56. The molecule has 10 nitrogen and oxygen atoms in total. The molecule has 1 aromatic carbocycles. The third-order valence-electron chi connectivity index (χ3n) is 6.26. The van der Waals surface area contributed by atoms with Crippen molar-refractivity contribution in [2.45, 2.75) is 45.1 Å². The number of ether oxygens (including phenoxy) is 2. The smallest absolute Gasteiger partial charge is 0.410 e. The number of hydrogen-bond donors (Lipinski definition) is 0. The van der Waals surface area contributed by atoms with Gasteiger partial charge in [0.25, 0.3) is 11.8 Å². The van der Waals surface area contributed by atoms with Gasteiger partial charge >= 0.3 is 6.09 Å². The van der Waals surface area contributed by atoms with Crippen LogP contribution in [0.15, 0.2) is 48.8 Å². The Morgan fingerprint density at radius 1 is 1.03 bits per heavy atom. The Hall–Kier alpha value is -3.92. The number of rotatable bonds is 6. The standard InChI is InChI=1S/C27H30N4O6/c1-27(2,3)37-26(34)29-12-6-7-18(15-29)22-17-30-16-19(10-11-23(30)28-22)35-13-14-36-31-24(32)20-8-4-5-9-21(20)25(31)33/h4-5,8-11,16-18H,6-7,12-15H2,1-3H3. The first-order valence-corrected chi connectivity index (χ1v) is 12.4. The molecule has 0 saturated carbocycles. The summed E-state index contributed by atoms with van der Waals surface area (Å²) in [6, 6.07) is 10.3. The molecular formula is C27H30N4O6. The summed E-state index contributed by atoms with van der Waals surface area (Å²) in [5.74, 6) is -0.221. The maximum absolute atomic E-state index is 12.5. The minimum atomic E-state index is -0.529. The van der Waals surface area contributed by atoms with E-state index >= 15 is 0 Å². The lowest BCUT2D eigenvalue weighted by molar-refractivity contribution is -0.0976. The molecule has 10 heteroatoms. The first-order chi connectivity index (χ1) is 17.7. The molecule has 1 atom stereocenters. The van der Waals surface area contributed by atoms with Gasteiger partial charge in [0.15, 0.2) is 0 Å². The molecule has 0 aliphatic carbocycles. The van der Waals surface area contributed by atoms with E-state index in [0.29, 0.717) is 30.0 Å². The molecular weight excluding hydrogens is 476 g/mol. The Morgan fingerprint density at radius 3 is 2.46 bits per heavy atom. The van der Waals surface area contributed by atoms with E-state index in [9.17, 15) is 14.4 Å². The van der Waals surface area contributed by atoms with E-state index in [4.69, 9.17) is 19.3 Å². The van der Waals surface area contributed by atoms with Gasteiger partial charge in [-0.3, -0.25) is 14.4 Å². The van der Waals surface area contributed by atoms with Crippen LogP contribution in [0.25, 0.3) is 5.65 Å². The number of carbonyl (C=O) groups is 3. The van der Waals surface area contributed by atoms with Crippen LogP contribution in [0.1, 0.15) is 65.9 Å². The van der Waals surface area contributed by atoms with Crippen LogP contribution in [-0.4, -0.2) is 69.2 Å². The van der Waals surface area contributed by atoms with E-state index < -0.39 is 17.4 Å². The molecule has 0 N–H and O–H groups in total. The van der Waals surface area contributed by atoms with Crippen molar-refractivity contribution in [3.8, 4) is 5.75 Å². The maximum atomic E-state index is 12.5. The Morgan fingerprint density at radius 2 is 1.76 bits per heavy atom. The zero-order chi connectivity index (χ0) is 26.2. The third-order valence-corrected chi connectivity index (χ3v) is 6.26. The maximum Gasteiger partial charge on any atom is 0.410 e. The molecule has 2 aromatic heterocycles. The van der Waals surface area contributed by atoms with Crippen LogP contribution in [0.5, 0.6) is 5.75 Å². The number of hydroxylamine groups is 2. The van der Waals surface area contributed by atoms with Crippen LogP contribution < -0.4 is 4.74 Å². The molecule has 194 valence electrons. The predicted molar refractivity (Wildman–Crippen MR) is 133 cm³/mol. The van der Waals surface area contributed by atoms with Crippen LogP contribution in [0.2, 0.25) is 0 Å². The van der Waals surface area contributed by atoms with E-state index in [1.807, 2.05) is 49.7 Å². The van der Waals surface area contributed by atoms with Gasteiger partial charge in [0.2, 0.25) is 0 Å². The number of imide groups is 1. The Balaban J connectivity index is 1.17. The van der Waals surface area contributed by atoms with Gasteiger partial charge in [-0.1, -0.05) is 12.1 Å². The summed E-state index contributed by atoms with van der Waals surface area (Å²) in [7, 11) is 0. The quantitative estimate of drug-likeness (QED) is 0.367. The molecule has 0 spiro atoms. The molecule has 37 heavy (non-hydrogen) atoms. The normalized spacial score (nSPS) is 17.9. The van der Waals surface area contributed by atoms with E-state index in [1.54, 1.807) is 29.2 Å². The van der Waals surface area contributed by atoms with Crippen LogP contribution in [-0.2, 0) is 9.57 Å². The van der Waals surface area contributed by atoms with Gasteiger partial charge in [0, 0.05) is 25.2 Å². The van der Waals surface area contributed by atoms with Gasteiger partial charge in [-0.25, -0.2) is 9.78 Å². The van der Waals surface area contributed by atoms with Crippen molar-refractivity contribution in [2.75, 3.05) is 26.3 Å². The van der Waals surface area contributed by atoms with Crippen molar-refractivity contribution in [2.24, 2.45) is 0 Å². The first kappa shape index (κ1) is 24.8. The summed E-state index contributed by atoms with van der Waals surface area (Å²) >= 11 is 0. The Bertz CT molecular complexity index is 1310. The summed E-state index contributed by atoms with van der Waals surface area (Å²) in [4.78, 5) is 49.2. The van der Waals surface area contributed by atoms with Crippen molar-refractivity contribution in [3.05, 3.63) is 65.6 Å². The minimum absolute atomic E-state index is 0.0290. The number of hydrogen-bond acceptors (Lipinski definition) is 7. The average Bonchev–Trinajstić information content (AvgIpc) is 3.40. The van der Waals surface area contributed by atoms with Gasteiger partial charge in [-0.05, 0) is 57.9 Å². The fourth-order valence-electron chi connectivity index (χ4n) is 4.56. The number of imidazole rings is 1. The lowest BCUT2D eigenvalue weighted by Gasteiger charge is -2.33. The highest BCUT2D eigenvalue weighted by atomic mass is 16.7. The summed E-state index contributed by atoms with van der Waals surface area (Å²) in [6.45, 7) is 7.02. The van der Waals surface area contributed by atoms with E-state index in [1.165, 1.54) is 0 Å². The van der Waals surface area contributed by atoms with Gasteiger partial charge < -0.3 is 18.8 Å². The highest BCUT2D eigenvalue weighted by molar-refractivity contribution is 6.20. The second-order valence-corrected chi connectivity index (χ2v) is 10.2. The van der Waals surface area contributed by atoms with Crippen molar-refractivity contribution in [1.29, 1.82) is 0 Å². The molecule has 5 rings (SSSR count). The number of aromatic nitrogens is 2. The van der Waals surface area contributed by atoms with Crippen LogP contribution in [0, 0.1) is 0 Å². The van der Waals surface area contributed by atoms with E-state index in [2.05, 4.69) is 0 Å². The lowest BCUT2D eigenvalue weighted by Crippen LogP contribution is -2.42. The van der Waals surface area contributed by atoms with Gasteiger partial charge in [0.1, 0.15) is 30.2 Å². The number of benzene rings is 1. The highest BCUT2D eigenvalue weighted by Crippen LogP contribution is 2.28. The monoisotopic (exact) mass is 506 g/mol. The zero-order valence-electron chi connectivity index (χ0n) is 21.2. The SMILES string of the molecule is CC(C)(C)OC(=O)N1CCCC(c2cn3cc(OCCON4C(=O)c5ccccc5C4=O)ccc3n2)C1. The lowest BCUT2D eigenvalue weighted by atomic mass is 9.95. The molecule has 1 saturated heterocycles. The van der Waals surface area contributed by atoms with Crippen LogP contribution >= 0.6 is 0 Å². The summed E-state index contributed by atoms with van der Waals surface area (Å²) in [5.41, 5.74) is 1.83. The zero-order valence-corrected chi connectivity index (χ0v) is 21.2. The molecule has 0 bridgehead atoms. The second-order valence-electron chi connectivity index (χ2n) is 10.2. The first-order valence-electron chi connectivity index (χ1n) is 12.4. The number of piperidine rings is 1. The number of likely N-dealkylation sites (tertiary alicyclic amines) is 1. The van der Waals surface area contributed by atoms with Crippen molar-refractivity contribution in [3.63, 3.8) is 0 Å². The largest absolute Gasteiger partial charge is 0.490 e. The van der Waals surface area contributed by atoms with E-state index in [0.717, 1.165) is 29.2 Å². The third kappa shape index (κ3) is 5.29. The highest BCUT2D eigenvalue weighted by Gasteiger charge is 2.36. The average molecular weight is 507 g/mol. The van der Waals surface area contributed by atoms with Gasteiger partial charge in [-0.2, -0.15) is 0 Å². The number of carbonyl (C=O) groups excluding carboxylic acids is 3. The molecule has 3 aromatic rings. The molecule has 3 amide bonds. The Labute approximate surface area is 214 Å². The summed E-state index contributed by atoms with van der Waals surface area (Å²) in [5, 5.41) is 0.782. The fraction of sp³-hybridized carbons (Fsp3) is 0.407. The topological polar surface area (TPSA) is 103 Å². The van der Waals surface area contributed by atoms with E-state index in [-0.39, 0.29) is 25.2 Å². The summed E-state index contributed by atoms with van der Waals surface area (Å²) in [6.07, 6.45) is 5.32. The molecule has 2 aliphatic rings. The molecule has 2 aliphatic heterocycles.